The van der Waals surface area contributed by atoms with Gasteiger partial charge in [-0.2, -0.15) is 0 Å². The lowest BCUT2D eigenvalue weighted by molar-refractivity contribution is -0.385. The van der Waals surface area contributed by atoms with E-state index in [0.717, 1.165) is 24.3 Å². The number of carbonyl (C=O) groups is 3. The third-order valence-corrected chi connectivity index (χ3v) is 6.47. The van der Waals surface area contributed by atoms with Crippen LogP contribution < -0.4 is 0 Å². The fraction of sp³-hybridized carbons (Fsp3) is 0.0882. The Hall–Kier alpha value is -6.43. The van der Waals surface area contributed by atoms with Crippen molar-refractivity contribution in [3.63, 3.8) is 0 Å². The number of nitrogens with zero attached hydrogens (tertiary/aromatic N) is 2. The summed E-state index contributed by atoms with van der Waals surface area (Å²) in [6.07, 6.45) is -0.485. The summed E-state index contributed by atoms with van der Waals surface area (Å²) in [4.78, 5) is 60.9. The molecular weight excluding hydrogens is 596 g/mol. The highest BCUT2D eigenvalue weighted by atomic mass is 16.6. The zero-order chi connectivity index (χ0) is 33.1. The first-order valence-corrected chi connectivity index (χ1v) is 13.7. The second kappa shape index (κ2) is 15.3. The number of esters is 3. The van der Waals surface area contributed by atoms with E-state index < -0.39 is 34.2 Å². The van der Waals surface area contributed by atoms with Gasteiger partial charge in [-0.25, -0.2) is 14.4 Å². The highest BCUT2D eigenvalue weighted by Crippen LogP contribution is 2.29. The van der Waals surface area contributed by atoms with Crippen molar-refractivity contribution in [2.75, 3.05) is 0 Å². The predicted molar refractivity (Wildman–Crippen MR) is 165 cm³/mol. The van der Waals surface area contributed by atoms with Crippen molar-refractivity contribution in [3.05, 3.63) is 169 Å². The second-order valence-electron chi connectivity index (χ2n) is 9.71. The van der Waals surface area contributed by atoms with Gasteiger partial charge in [-0.05, 0) is 35.4 Å². The van der Waals surface area contributed by atoms with Gasteiger partial charge in [0.1, 0.15) is 19.0 Å². The maximum atomic E-state index is 13.6. The minimum absolute atomic E-state index is 0.0676. The van der Waals surface area contributed by atoms with Gasteiger partial charge in [0, 0.05) is 41.8 Å². The summed E-state index contributed by atoms with van der Waals surface area (Å²) >= 11 is 0. The maximum absolute atomic E-state index is 13.6. The summed E-state index contributed by atoms with van der Waals surface area (Å²) in [5.74, 6) is -3.17. The van der Waals surface area contributed by atoms with Gasteiger partial charge < -0.3 is 14.2 Å². The average Bonchev–Trinajstić information content (AvgIpc) is 3.08. The third-order valence-electron chi connectivity index (χ3n) is 6.47. The van der Waals surface area contributed by atoms with Gasteiger partial charge in [0.15, 0.2) is 0 Å². The molecule has 12 heteroatoms. The van der Waals surface area contributed by atoms with Crippen molar-refractivity contribution in [3.8, 4) is 0 Å². The Labute approximate surface area is 262 Å². The third kappa shape index (κ3) is 8.80. The Kier molecular flexibility index (Phi) is 10.8. The van der Waals surface area contributed by atoms with Gasteiger partial charge in [0.05, 0.1) is 21.0 Å². The van der Waals surface area contributed by atoms with Crippen LogP contribution in [0.25, 0.3) is 5.76 Å². The van der Waals surface area contributed by atoms with E-state index in [-0.39, 0.29) is 52.6 Å². The van der Waals surface area contributed by atoms with Gasteiger partial charge in [0.25, 0.3) is 11.4 Å². The van der Waals surface area contributed by atoms with E-state index in [0.29, 0.717) is 11.1 Å². The molecule has 0 heterocycles. The first kappa shape index (κ1) is 32.5. The molecule has 0 saturated heterocycles. The van der Waals surface area contributed by atoms with Crippen molar-refractivity contribution < 1.29 is 38.4 Å². The van der Waals surface area contributed by atoms with E-state index in [9.17, 15) is 34.6 Å². The SMILES string of the molecule is C=C(C/C(C(=O)OCc1ccccc1)=C(/OC(=O)c1ccc([N+](=O)[O-])cc1)c1ccc([N+](=O)[O-])cc1)C(=O)OCc1ccccc1. The summed E-state index contributed by atoms with van der Waals surface area (Å²) in [7, 11) is 0. The molecule has 4 rings (SSSR count). The summed E-state index contributed by atoms with van der Waals surface area (Å²) in [5, 5.41) is 22.4. The van der Waals surface area contributed by atoms with E-state index in [1.807, 2.05) is 0 Å². The first-order chi connectivity index (χ1) is 22.1. The smallest absolute Gasteiger partial charge is 0.343 e. The summed E-state index contributed by atoms with van der Waals surface area (Å²) < 4.78 is 16.6. The summed E-state index contributed by atoms with van der Waals surface area (Å²) in [6, 6.07) is 27.0. The molecule has 0 aliphatic rings. The topological polar surface area (TPSA) is 165 Å². The van der Waals surface area contributed by atoms with E-state index in [1.165, 1.54) is 24.3 Å². The molecule has 0 unspecified atom stereocenters. The number of nitro groups is 2. The van der Waals surface area contributed by atoms with Crippen LogP contribution >= 0.6 is 0 Å². The van der Waals surface area contributed by atoms with Gasteiger partial charge >= 0.3 is 17.9 Å². The molecule has 0 spiro atoms. The van der Waals surface area contributed by atoms with Crippen molar-refractivity contribution in [1.82, 2.24) is 0 Å². The number of benzene rings is 4. The fourth-order valence-corrected chi connectivity index (χ4v) is 4.07. The first-order valence-electron chi connectivity index (χ1n) is 13.7. The number of ether oxygens (including phenoxy) is 3. The van der Waals surface area contributed by atoms with Crippen LogP contribution in [0.5, 0.6) is 0 Å². The molecule has 4 aromatic carbocycles. The van der Waals surface area contributed by atoms with Crippen LogP contribution in [-0.2, 0) is 37.0 Å². The Morgan fingerprint density at radius 3 is 1.50 bits per heavy atom. The van der Waals surface area contributed by atoms with Crippen LogP contribution in [0, 0.1) is 20.2 Å². The minimum Gasteiger partial charge on any atom is -0.457 e. The number of hydrogen-bond acceptors (Lipinski definition) is 10. The molecule has 0 aliphatic carbocycles. The molecule has 0 amide bonds. The standard InChI is InChI=1S/C34H26N2O10/c1-23(32(37)44-21-24-8-4-2-5-9-24)20-30(34(39)45-22-25-10-6-3-7-11-25)31(26-12-16-28(17-13-26)35(40)41)46-33(38)27-14-18-29(19-15-27)36(42)43/h2-19H,1,20-22H2/b31-30-. The van der Waals surface area contributed by atoms with Crippen LogP contribution in [0.1, 0.15) is 33.5 Å². The van der Waals surface area contributed by atoms with Crippen molar-refractivity contribution in [2.45, 2.75) is 19.6 Å². The molecule has 0 aliphatic heterocycles. The molecule has 12 nitrogen and oxygen atoms in total. The Balaban J connectivity index is 1.72. The van der Waals surface area contributed by atoms with Crippen molar-refractivity contribution in [2.24, 2.45) is 0 Å². The molecule has 0 radical (unpaired) electrons. The lowest BCUT2D eigenvalue weighted by Gasteiger charge is -2.17. The molecule has 0 N–H and O–H groups in total. The predicted octanol–water partition coefficient (Wildman–Crippen LogP) is 6.50. The Morgan fingerprint density at radius 1 is 0.609 bits per heavy atom. The molecule has 0 aromatic heterocycles. The fourth-order valence-electron chi connectivity index (χ4n) is 4.07. The van der Waals surface area contributed by atoms with Crippen LogP contribution in [0.4, 0.5) is 11.4 Å². The monoisotopic (exact) mass is 622 g/mol. The van der Waals surface area contributed by atoms with Crippen LogP contribution in [-0.4, -0.2) is 27.8 Å². The van der Waals surface area contributed by atoms with Crippen molar-refractivity contribution in [1.29, 1.82) is 0 Å². The van der Waals surface area contributed by atoms with Gasteiger partial charge in [-0.3, -0.25) is 20.2 Å². The van der Waals surface area contributed by atoms with Crippen molar-refractivity contribution >= 4 is 35.0 Å². The molecule has 0 fully saturated rings. The molecule has 46 heavy (non-hydrogen) atoms. The van der Waals surface area contributed by atoms with E-state index in [1.54, 1.807) is 60.7 Å². The largest absolute Gasteiger partial charge is 0.457 e. The van der Waals surface area contributed by atoms with E-state index in [4.69, 9.17) is 14.2 Å². The Bertz CT molecular complexity index is 1780. The molecule has 0 atom stereocenters. The molecule has 4 aromatic rings. The lowest BCUT2D eigenvalue weighted by atomic mass is 10.0. The highest BCUT2D eigenvalue weighted by Gasteiger charge is 2.27. The number of carbonyl (C=O) groups excluding carboxylic acids is 3. The number of hydrogen-bond donors (Lipinski definition) is 0. The summed E-state index contributed by atoms with van der Waals surface area (Å²) in [5.41, 5.74) is 0.322. The zero-order valence-electron chi connectivity index (χ0n) is 24.2. The van der Waals surface area contributed by atoms with Crippen LogP contribution in [0.2, 0.25) is 0 Å². The van der Waals surface area contributed by atoms with Crippen LogP contribution in [0.15, 0.2) is 127 Å². The van der Waals surface area contributed by atoms with Gasteiger partial charge in [0.2, 0.25) is 0 Å². The van der Waals surface area contributed by atoms with Gasteiger partial charge in [-0.15, -0.1) is 0 Å². The number of nitro benzene ring substituents is 2. The molecule has 0 saturated carbocycles. The van der Waals surface area contributed by atoms with Gasteiger partial charge in [-0.1, -0.05) is 67.2 Å². The minimum atomic E-state index is -1.01. The lowest BCUT2D eigenvalue weighted by Crippen LogP contribution is -2.17. The van der Waals surface area contributed by atoms with E-state index in [2.05, 4.69) is 6.58 Å². The average molecular weight is 623 g/mol. The molecule has 0 bridgehead atoms. The number of rotatable bonds is 13. The number of non-ortho nitro benzene ring substituents is 2. The maximum Gasteiger partial charge on any atom is 0.343 e. The summed E-state index contributed by atoms with van der Waals surface area (Å²) in [6.45, 7) is 3.54. The zero-order valence-corrected chi connectivity index (χ0v) is 24.2. The van der Waals surface area contributed by atoms with E-state index >= 15 is 0 Å². The van der Waals surface area contributed by atoms with Crippen LogP contribution in [0.3, 0.4) is 0 Å². The molecule has 232 valence electrons. The molecular formula is C34H26N2O10. The normalized spacial score (nSPS) is 11.0. The quantitative estimate of drug-likeness (QED) is 0.0401. The highest BCUT2D eigenvalue weighted by molar-refractivity contribution is 6.02. The Morgan fingerprint density at radius 2 is 1.04 bits per heavy atom. The second-order valence-corrected chi connectivity index (χ2v) is 9.71.